The van der Waals surface area contributed by atoms with Gasteiger partial charge in [-0.25, -0.2) is 17.9 Å². The van der Waals surface area contributed by atoms with Crippen molar-refractivity contribution in [3.8, 4) is 5.69 Å². The van der Waals surface area contributed by atoms with Crippen molar-refractivity contribution in [3.63, 3.8) is 0 Å². The molecule has 1 atom stereocenters. The van der Waals surface area contributed by atoms with Crippen molar-refractivity contribution in [2.24, 2.45) is 0 Å². The molecule has 0 unspecified atom stereocenters. The summed E-state index contributed by atoms with van der Waals surface area (Å²) in [7, 11) is -3.23. The van der Waals surface area contributed by atoms with Gasteiger partial charge in [0.05, 0.1) is 18.6 Å². The smallest absolute Gasteiger partial charge is 0.285 e. The van der Waals surface area contributed by atoms with Crippen molar-refractivity contribution in [1.82, 2.24) is 18.8 Å². The van der Waals surface area contributed by atoms with Gasteiger partial charge in [-0.2, -0.15) is 0 Å². The largest absolute Gasteiger partial charge is 0.334 e. The van der Waals surface area contributed by atoms with Crippen molar-refractivity contribution in [3.05, 3.63) is 51.7 Å². The first-order valence-corrected chi connectivity index (χ1v) is 10.7. The lowest BCUT2D eigenvalue weighted by Crippen LogP contribution is -2.48. The maximum atomic E-state index is 12.8. The van der Waals surface area contributed by atoms with Crippen molar-refractivity contribution >= 4 is 21.6 Å². The van der Waals surface area contributed by atoms with Gasteiger partial charge >= 0.3 is 5.69 Å². The van der Waals surface area contributed by atoms with Gasteiger partial charge < -0.3 is 0 Å². The molecule has 9 heteroatoms. The molecule has 2 aromatic rings. The van der Waals surface area contributed by atoms with E-state index in [1.165, 1.54) is 6.26 Å². The van der Waals surface area contributed by atoms with Crippen LogP contribution in [0.4, 0.5) is 0 Å². The van der Waals surface area contributed by atoms with Crippen molar-refractivity contribution in [2.75, 3.05) is 19.3 Å². The van der Waals surface area contributed by atoms with Gasteiger partial charge in [0.1, 0.15) is 0 Å². The van der Waals surface area contributed by atoms with Crippen LogP contribution in [-0.4, -0.2) is 47.8 Å². The number of hydrogen-bond acceptors (Lipinski definition) is 4. The van der Waals surface area contributed by atoms with E-state index in [9.17, 15) is 13.2 Å². The topological polar surface area (TPSA) is 76.3 Å². The Kier molecular flexibility index (Phi) is 5.57. The van der Waals surface area contributed by atoms with Gasteiger partial charge in [0, 0.05) is 29.5 Å². The molecular formula is C17H23ClN4O3S. The third kappa shape index (κ3) is 4.56. The van der Waals surface area contributed by atoms with Crippen LogP contribution in [0.5, 0.6) is 0 Å². The average Bonchev–Trinajstić information content (AvgIpc) is 2.81. The number of imidazole rings is 1. The molecule has 142 valence electrons. The second kappa shape index (κ2) is 7.56. The highest BCUT2D eigenvalue weighted by Gasteiger charge is 2.23. The van der Waals surface area contributed by atoms with Crippen LogP contribution in [-0.2, 0) is 16.7 Å². The summed E-state index contributed by atoms with van der Waals surface area (Å²) in [5, 5.41) is 0.622. The average molecular weight is 399 g/mol. The predicted octanol–water partition coefficient (Wildman–Crippen LogP) is 1.57. The van der Waals surface area contributed by atoms with E-state index in [1.54, 1.807) is 21.3 Å². The highest BCUT2D eigenvalue weighted by atomic mass is 35.5. The van der Waals surface area contributed by atoms with Crippen LogP contribution in [0.3, 0.4) is 0 Å². The number of benzene rings is 1. The normalized spacial score (nSPS) is 19.0. The van der Waals surface area contributed by atoms with Crippen LogP contribution in [0.25, 0.3) is 5.69 Å². The second-order valence-electron chi connectivity index (χ2n) is 6.78. The Hall–Kier alpha value is -1.61. The minimum Gasteiger partial charge on any atom is -0.285 e. The zero-order chi connectivity index (χ0) is 18.9. The number of aryl methyl sites for hydroxylation is 1. The summed E-state index contributed by atoms with van der Waals surface area (Å²) in [6, 6.07) is 7.02. The third-order valence-electron chi connectivity index (χ3n) is 4.46. The molecule has 3 rings (SSSR count). The van der Waals surface area contributed by atoms with Crippen molar-refractivity contribution in [1.29, 1.82) is 0 Å². The minimum absolute atomic E-state index is 0.117. The molecule has 26 heavy (non-hydrogen) atoms. The maximum absolute atomic E-state index is 12.8. The van der Waals surface area contributed by atoms with Gasteiger partial charge in [0.2, 0.25) is 10.0 Å². The molecule has 1 aliphatic rings. The molecule has 0 spiro atoms. The SMILES string of the molecule is Cc1cn(CN2CCC[C@H](NS(C)(=O)=O)C2)c(=O)n1-c1ccc(Cl)cc1. The van der Waals surface area contributed by atoms with E-state index in [2.05, 4.69) is 9.62 Å². The van der Waals surface area contributed by atoms with E-state index < -0.39 is 10.0 Å². The lowest BCUT2D eigenvalue weighted by atomic mass is 10.1. The maximum Gasteiger partial charge on any atom is 0.334 e. The summed E-state index contributed by atoms with van der Waals surface area (Å²) >= 11 is 5.92. The van der Waals surface area contributed by atoms with Crippen molar-refractivity contribution in [2.45, 2.75) is 32.5 Å². The summed E-state index contributed by atoms with van der Waals surface area (Å²) in [6.45, 7) is 3.74. The van der Waals surface area contributed by atoms with Crippen molar-refractivity contribution < 1.29 is 8.42 Å². The van der Waals surface area contributed by atoms with Gasteiger partial charge in [-0.3, -0.25) is 14.0 Å². The number of rotatable bonds is 5. The zero-order valence-corrected chi connectivity index (χ0v) is 16.4. The fourth-order valence-electron chi connectivity index (χ4n) is 3.42. The van der Waals surface area contributed by atoms with Crippen LogP contribution in [0.15, 0.2) is 35.3 Å². The quantitative estimate of drug-likeness (QED) is 0.829. The number of hydrogen-bond donors (Lipinski definition) is 1. The lowest BCUT2D eigenvalue weighted by Gasteiger charge is -2.32. The van der Waals surface area contributed by atoms with Gasteiger partial charge in [-0.05, 0) is 50.6 Å². The molecule has 1 aromatic carbocycles. The van der Waals surface area contributed by atoms with E-state index >= 15 is 0 Å². The van der Waals surface area contributed by atoms with E-state index in [0.29, 0.717) is 18.2 Å². The van der Waals surface area contributed by atoms with Gasteiger partial charge in [0.25, 0.3) is 0 Å². The van der Waals surface area contributed by atoms with Gasteiger partial charge in [-0.1, -0.05) is 11.6 Å². The lowest BCUT2D eigenvalue weighted by molar-refractivity contribution is 0.159. The van der Waals surface area contributed by atoms with E-state index in [1.807, 2.05) is 25.3 Å². The Morgan fingerprint density at radius 1 is 1.27 bits per heavy atom. The number of nitrogens with one attached hydrogen (secondary N) is 1. The first-order valence-electron chi connectivity index (χ1n) is 8.47. The summed E-state index contributed by atoms with van der Waals surface area (Å²) in [5.41, 5.74) is 1.48. The van der Waals surface area contributed by atoms with Crippen LogP contribution < -0.4 is 10.4 Å². The summed E-state index contributed by atoms with van der Waals surface area (Å²) in [6.07, 6.45) is 4.69. The van der Waals surface area contributed by atoms with Crippen LogP contribution in [0, 0.1) is 6.92 Å². The molecule has 0 amide bonds. The highest BCUT2D eigenvalue weighted by Crippen LogP contribution is 2.15. The zero-order valence-electron chi connectivity index (χ0n) is 14.9. The van der Waals surface area contributed by atoms with Gasteiger partial charge in [0.15, 0.2) is 0 Å². The predicted molar refractivity (Wildman–Crippen MR) is 102 cm³/mol. The first kappa shape index (κ1) is 19.2. The fraction of sp³-hybridized carbons (Fsp3) is 0.471. The molecule has 1 N–H and O–H groups in total. The Balaban J connectivity index is 1.77. The Labute approximate surface area is 158 Å². The first-order chi connectivity index (χ1) is 12.2. The number of sulfonamides is 1. The number of likely N-dealkylation sites (tertiary alicyclic amines) is 1. The summed E-state index contributed by atoms with van der Waals surface area (Å²) in [4.78, 5) is 14.9. The molecule has 0 saturated carbocycles. The van der Waals surface area contributed by atoms with Crippen LogP contribution in [0.2, 0.25) is 5.02 Å². The highest BCUT2D eigenvalue weighted by molar-refractivity contribution is 7.88. The summed E-state index contributed by atoms with van der Waals surface area (Å²) < 4.78 is 28.9. The molecular weight excluding hydrogens is 376 g/mol. The molecule has 1 aliphatic heterocycles. The van der Waals surface area contributed by atoms with E-state index in [4.69, 9.17) is 11.6 Å². The van der Waals surface area contributed by atoms with E-state index in [0.717, 1.165) is 30.8 Å². The monoisotopic (exact) mass is 398 g/mol. The van der Waals surface area contributed by atoms with E-state index in [-0.39, 0.29) is 11.7 Å². The molecule has 7 nitrogen and oxygen atoms in total. The third-order valence-corrected chi connectivity index (χ3v) is 5.47. The summed E-state index contributed by atoms with van der Waals surface area (Å²) in [5.74, 6) is 0. The molecule has 1 aromatic heterocycles. The Morgan fingerprint density at radius 3 is 2.62 bits per heavy atom. The molecule has 2 heterocycles. The van der Waals surface area contributed by atoms with Crippen LogP contribution >= 0.6 is 11.6 Å². The van der Waals surface area contributed by atoms with Gasteiger partial charge in [-0.15, -0.1) is 0 Å². The Morgan fingerprint density at radius 2 is 1.96 bits per heavy atom. The molecule has 0 aliphatic carbocycles. The Bertz CT molecular complexity index is 934. The molecule has 0 radical (unpaired) electrons. The molecule has 0 bridgehead atoms. The number of piperidine rings is 1. The fourth-order valence-corrected chi connectivity index (χ4v) is 4.35. The standard InChI is InChI=1S/C17H23ClN4O3S/c1-13-10-21(17(23)22(13)16-7-5-14(18)6-8-16)12-20-9-3-4-15(11-20)19-26(2,24)25/h5-8,10,15,19H,3-4,9,11-12H2,1-2H3/t15-/m0/s1. The minimum atomic E-state index is -3.23. The molecule has 1 fully saturated rings. The number of nitrogens with zero attached hydrogens (tertiary/aromatic N) is 3. The molecule has 1 saturated heterocycles. The van der Waals surface area contributed by atoms with Crippen LogP contribution in [0.1, 0.15) is 18.5 Å². The number of halogens is 1. The number of aromatic nitrogens is 2. The second-order valence-corrected chi connectivity index (χ2v) is 9.00.